The van der Waals surface area contributed by atoms with E-state index in [1.807, 2.05) is 12.1 Å². The van der Waals surface area contributed by atoms with Gasteiger partial charge in [0.25, 0.3) is 0 Å². The van der Waals surface area contributed by atoms with Crippen LogP contribution < -0.4 is 14.8 Å². The van der Waals surface area contributed by atoms with Gasteiger partial charge in [-0.2, -0.15) is 0 Å². The average molecular weight is 326 g/mol. The molecule has 1 fully saturated rings. The van der Waals surface area contributed by atoms with E-state index in [2.05, 4.69) is 30.3 Å². The molecule has 4 rings (SSSR count). The van der Waals surface area contributed by atoms with Gasteiger partial charge in [-0.15, -0.1) is 0 Å². The molecule has 2 nitrogen and oxygen atoms in total. The van der Waals surface area contributed by atoms with Crippen LogP contribution in [0.25, 0.3) is 11.1 Å². The molecule has 0 saturated heterocycles. The molecule has 1 aliphatic heterocycles. The highest BCUT2D eigenvalue weighted by atomic mass is 31.1. The number of fused-ring (bicyclic) bond motifs is 1. The molecule has 2 aromatic carbocycles. The normalized spacial score (nSPS) is 20.8. The van der Waals surface area contributed by atoms with Crippen LogP contribution in [0, 0.1) is 0 Å². The van der Waals surface area contributed by atoms with Crippen LogP contribution in [0.3, 0.4) is 0 Å². The summed E-state index contributed by atoms with van der Waals surface area (Å²) in [6.45, 7) is 0. The summed E-state index contributed by atoms with van der Waals surface area (Å²) in [5, 5.41) is 1.47. The van der Waals surface area contributed by atoms with Gasteiger partial charge in [0.15, 0.2) is 0 Å². The lowest BCUT2D eigenvalue weighted by Gasteiger charge is -2.28. The van der Waals surface area contributed by atoms with Gasteiger partial charge in [-0.05, 0) is 44.1 Å². The Morgan fingerprint density at radius 3 is 2.57 bits per heavy atom. The van der Waals surface area contributed by atoms with Crippen LogP contribution in [-0.2, 0) is 0 Å². The summed E-state index contributed by atoms with van der Waals surface area (Å²) < 4.78 is 11.7. The maximum Gasteiger partial charge on any atom is 0.128 e. The predicted octanol–water partition coefficient (Wildman–Crippen LogP) is 5.15. The number of ether oxygens (including phenoxy) is 2. The summed E-state index contributed by atoms with van der Waals surface area (Å²) in [5.74, 6) is 2.05. The first kappa shape index (κ1) is 15.0. The first-order chi connectivity index (χ1) is 11.4. The zero-order valence-corrected chi connectivity index (χ0v) is 14.5. The standard InChI is InChI=1S/C20H23O2P/c1-21-18-12-6-5-10-16(18)17-11-7-13-19-20(17)23(14-22-19)15-8-3-2-4-9-15/h5-7,10-13,15H,2-4,8-9,14H2,1H3/t23-/m1/s1. The molecule has 1 aliphatic carbocycles. The molecule has 0 aromatic heterocycles. The van der Waals surface area contributed by atoms with Gasteiger partial charge < -0.3 is 9.47 Å². The number of benzene rings is 2. The average Bonchev–Trinajstić information content (AvgIpc) is 3.06. The van der Waals surface area contributed by atoms with Gasteiger partial charge in [0.05, 0.1) is 7.11 Å². The van der Waals surface area contributed by atoms with E-state index in [-0.39, 0.29) is 7.92 Å². The summed E-state index contributed by atoms with van der Waals surface area (Å²) in [5.41, 5.74) is 3.34. The molecule has 23 heavy (non-hydrogen) atoms. The van der Waals surface area contributed by atoms with E-state index in [1.54, 1.807) is 7.11 Å². The van der Waals surface area contributed by atoms with E-state index in [4.69, 9.17) is 9.47 Å². The molecular weight excluding hydrogens is 303 g/mol. The Hall–Kier alpha value is -1.53. The van der Waals surface area contributed by atoms with Crippen molar-refractivity contribution in [1.29, 1.82) is 0 Å². The highest BCUT2D eigenvalue weighted by molar-refractivity contribution is 7.67. The molecule has 0 bridgehead atoms. The van der Waals surface area contributed by atoms with Crippen LogP contribution >= 0.6 is 7.92 Å². The van der Waals surface area contributed by atoms with Gasteiger partial charge in [-0.3, -0.25) is 0 Å². The highest BCUT2D eigenvalue weighted by Gasteiger charge is 2.34. The minimum atomic E-state index is -0.219. The molecule has 2 aromatic rings. The van der Waals surface area contributed by atoms with Gasteiger partial charge in [0.2, 0.25) is 0 Å². The van der Waals surface area contributed by atoms with Crippen molar-refractivity contribution in [3.63, 3.8) is 0 Å². The summed E-state index contributed by atoms with van der Waals surface area (Å²) in [4.78, 5) is 0. The topological polar surface area (TPSA) is 18.5 Å². The molecule has 0 spiro atoms. The summed E-state index contributed by atoms with van der Waals surface area (Å²) in [6.07, 6.45) is 7.82. The Morgan fingerprint density at radius 1 is 0.957 bits per heavy atom. The maximum absolute atomic E-state index is 6.09. The molecule has 1 heterocycles. The molecule has 0 radical (unpaired) electrons. The van der Waals surface area contributed by atoms with Crippen LogP contribution in [0.15, 0.2) is 42.5 Å². The van der Waals surface area contributed by atoms with Crippen LogP contribution in [0.2, 0.25) is 0 Å². The number of hydrogen-bond donors (Lipinski definition) is 0. The van der Waals surface area contributed by atoms with Crippen molar-refractivity contribution >= 4 is 13.2 Å². The van der Waals surface area contributed by atoms with Crippen molar-refractivity contribution in [2.75, 3.05) is 13.5 Å². The van der Waals surface area contributed by atoms with Gasteiger partial charge >= 0.3 is 0 Å². The molecule has 1 atom stereocenters. The van der Waals surface area contributed by atoms with Crippen LogP contribution in [-0.4, -0.2) is 19.1 Å². The van der Waals surface area contributed by atoms with Crippen molar-refractivity contribution in [1.82, 2.24) is 0 Å². The SMILES string of the molecule is COc1ccccc1-c1cccc2c1[P@@](C1CCCCC1)CO2. The van der Waals surface area contributed by atoms with Crippen molar-refractivity contribution in [2.24, 2.45) is 0 Å². The lowest BCUT2D eigenvalue weighted by Crippen LogP contribution is -2.17. The molecular formula is C20H23O2P. The highest BCUT2D eigenvalue weighted by Crippen LogP contribution is 2.54. The second kappa shape index (κ2) is 6.53. The van der Waals surface area contributed by atoms with Crippen LogP contribution in [0.4, 0.5) is 0 Å². The predicted molar refractivity (Wildman–Crippen MR) is 97.4 cm³/mol. The maximum atomic E-state index is 6.09. The minimum Gasteiger partial charge on any atom is -0.496 e. The van der Waals surface area contributed by atoms with Gasteiger partial charge in [-0.1, -0.05) is 49.6 Å². The Kier molecular flexibility index (Phi) is 4.27. The number of methoxy groups -OCH3 is 1. The molecule has 0 amide bonds. The fourth-order valence-electron chi connectivity index (χ4n) is 3.90. The number of para-hydroxylation sites is 1. The summed E-state index contributed by atoms with van der Waals surface area (Å²) >= 11 is 0. The first-order valence-corrected chi connectivity index (χ1v) is 10.1. The molecule has 0 N–H and O–H groups in total. The van der Waals surface area contributed by atoms with E-state index >= 15 is 0 Å². The van der Waals surface area contributed by atoms with Gasteiger partial charge in [-0.25, -0.2) is 0 Å². The molecule has 2 aliphatic rings. The molecule has 120 valence electrons. The smallest absolute Gasteiger partial charge is 0.128 e. The third-order valence-corrected chi connectivity index (χ3v) is 7.90. The van der Waals surface area contributed by atoms with E-state index < -0.39 is 0 Å². The van der Waals surface area contributed by atoms with E-state index in [0.29, 0.717) is 0 Å². The Morgan fingerprint density at radius 2 is 1.74 bits per heavy atom. The Labute approximate surface area is 139 Å². The van der Waals surface area contributed by atoms with Gasteiger partial charge in [0.1, 0.15) is 17.8 Å². The zero-order valence-electron chi connectivity index (χ0n) is 13.6. The summed E-state index contributed by atoms with van der Waals surface area (Å²) in [6, 6.07) is 14.8. The first-order valence-electron chi connectivity index (χ1n) is 8.54. The Bertz CT molecular complexity index is 692. The van der Waals surface area contributed by atoms with Crippen molar-refractivity contribution < 1.29 is 9.47 Å². The van der Waals surface area contributed by atoms with Crippen LogP contribution in [0.5, 0.6) is 11.5 Å². The fraction of sp³-hybridized carbons (Fsp3) is 0.400. The van der Waals surface area contributed by atoms with E-state index in [0.717, 1.165) is 23.5 Å². The van der Waals surface area contributed by atoms with Crippen molar-refractivity contribution in [3.05, 3.63) is 42.5 Å². The Balaban J connectivity index is 1.79. The van der Waals surface area contributed by atoms with Gasteiger partial charge in [0, 0.05) is 10.9 Å². The van der Waals surface area contributed by atoms with E-state index in [1.165, 1.54) is 48.5 Å². The molecule has 0 unspecified atom stereocenters. The zero-order chi connectivity index (χ0) is 15.6. The lowest BCUT2D eigenvalue weighted by molar-refractivity contribution is 0.399. The second-order valence-corrected chi connectivity index (χ2v) is 8.76. The molecule has 3 heteroatoms. The quantitative estimate of drug-likeness (QED) is 0.726. The minimum absolute atomic E-state index is 0.219. The third kappa shape index (κ3) is 2.74. The number of rotatable bonds is 3. The van der Waals surface area contributed by atoms with Crippen molar-refractivity contribution in [3.8, 4) is 22.6 Å². The monoisotopic (exact) mass is 326 g/mol. The van der Waals surface area contributed by atoms with Crippen LogP contribution in [0.1, 0.15) is 32.1 Å². The molecule has 1 saturated carbocycles. The van der Waals surface area contributed by atoms with Crippen molar-refractivity contribution in [2.45, 2.75) is 37.8 Å². The fourth-order valence-corrected chi connectivity index (χ4v) is 6.80. The van der Waals surface area contributed by atoms with E-state index in [9.17, 15) is 0 Å². The number of hydrogen-bond acceptors (Lipinski definition) is 2. The largest absolute Gasteiger partial charge is 0.496 e. The summed E-state index contributed by atoms with van der Waals surface area (Å²) in [7, 11) is 1.53. The second-order valence-electron chi connectivity index (χ2n) is 6.39. The lowest BCUT2D eigenvalue weighted by atomic mass is 10.0. The third-order valence-electron chi connectivity index (χ3n) is 5.06.